The van der Waals surface area contributed by atoms with Crippen molar-refractivity contribution in [3.05, 3.63) is 58.5 Å². The zero-order valence-electron chi connectivity index (χ0n) is 19.7. The Hall–Kier alpha value is -4.08. The van der Waals surface area contributed by atoms with Crippen LogP contribution in [0.5, 0.6) is 11.5 Å². The van der Waals surface area contributed by atoms with Crippen molar-refractivity contribution in [1.29, 1.82) is 0 Å². The summed E-state index contributed by atoms with van der Waals surface area (Å²) < 4.78 is 12.6. The number of benzene rings is 1. The number of carbonyl (C=O) groups excluding carboxylic acids is 2. The van der Waals surface area contributed by atoms with E-state index in [0.29, 0.717) is 55.1 Å². The second-order valence-electron chi connectivity index (χ2n) is 8.58. The number of aromatic nitrogens is 2. The first-order chi connectivity index (χ1) is 17.0. The zero-order valence-corrected chi connectivity index (χ0v) is 19.7. The van der Waals surface area contributed by atoms with E-state index in [-0.39, 0.29) is 18.3 Å². The third-order valence-electron chi connectivity index (χ3n) is 6.44. The van der Waals surface area contributed by atoms with Gasteiger partial charge in [0.05, 0.1) is 10.9 Å². The summed E-state index contributed by atoms with van der Waals surface area (Å²) in [5.41, 5.74) is 0.232. The van der Waals surface area contributed by atoms with Crippen molar-refractivity contribution in [3.63, 3.8) is 0 Å². The summed E-state index contributed by atoms with van der Waals surface area (Å²) in [5, 5.41) is 3.09. The quantitative estimate of drug-likeness (QED) is 0.595. The van der Waals surface area contributed by atoms with Gasteiger partial charge in [-0.1, -0.05) is 6.07 Å². The number of amides is 2. The molecule has 35 heavy (non-hydrogen) atoms. The predicted molar refractivity (Wildman–Crippen MR) is 130 cm³/mol. The standard InChI is InChI=1S/C25H27N5O5/c1-3-28-14-18(23(31)17-12-20-21(13-19(17)28)35-15-34-20)24(32)27-16(2)25(33)30-10-8-29(9-11-30)22-6-4-5-7-26-22/h4-7,12-14,16H,3,8-11,15H2,1-2H3,(H,27,32)/t16-/m0/s1. The van der Waals surface area contributed by atoms with Crippen LogP contribution in [0.4, 0.5) is 5.82 Å². The van der Waals surface area contributed by atoms with Gasteiger partial charge >= 0.3 is 0 Å². The van der Waals surface area contributed by atoms with Gasteiger partial charge in [0.1, 0.15) is 17.4 Å². The molecular formula is C25H27N5O5. The van der Waals surface area contributed by atoms with Crippen molar-refractivity contribution in [2.75, 3.05) is 37.9 Å². The van der Waals surface area contributed by atoms with E-state index in [9.17, 15) is 14.4 Å². The number of piperazine rings is 1. The highest BCUT2D eigenvalue weighted by atomic mass is 16.7. The molecule has 2 aliphatic rings. The van der Waals surface area contributed by atoms with Crippen LogP contribution in [0.2, 0.25) is 0 Å². The molecule has 3 aromatic rings. The van der Waals surface area contributed by atoms with Crippen LogP contribution in [0.25, 0.3) is 10.9 Å². The molecule has 2 aliphatic heterocycles. The predicted octanol–water partition coefficient (Wildman–Crippen LogP) is 1.61. The van der Waals surface area contributed by atoms with Crippen LogP contribution in [-0.4, -0.2) is 65.3 Å². The molecule has 1 aromatic carbocycles. The monoisotopic (exact) mass is 477 g/mol. The van der Waals surface area contributed by atoms with Crippen molar-refractivity contribution in [3.8, 4) is 11.5 Å². The van der Waals surface area contributed by atoms with Gasteiger partial charge < -0.3 is 29.2 Å². The summed E-state index contributed by atoms with van der Waals surface area (Å²) in [6.07, 6.45) is 3.28. The third-order valence-corrected chi connectivity index (χ3v) is 6.44. The summed E-state index contributed by atoms with van der Waals surface area (Å²) in [6, 6.07) is 8.34. The Morgan fingerprint density at radius 1 is 1.11 bits per heavy atom. The first kappa shape index (κ1) is 22.7. The molecule has 0 saturated carbocycles. The van der Waals surface area contributed by atoms with E-state index in [2.05, 4.69) is 15.2 Å². The Morgan fingerprint density at radius 2 is 1.86 bits per heavy atom. The number of aryl methyl sites for hydroxylation is 1. The van der Waals surface area contributed by atoms with Gasteiger partial charge in [-0.25, -0.2) is 4.98 Å². The minimum Gasteiger partial charge on any atom is -0.454 e. The van der Waals surface area contributed by atoms with E-state index in [1.54, 1.807) is 30.2 Å². The smallest absolute Gasteiger partial charge is 0.257 e. The van der Waals surface area contributed by atoms with Crippen molar-refractivity contribution >= 4 is 28.5 Å². The van der Waals surface area contributed by atoms with Crippen LogP contribution in [0.1, 0.15) is 24.2 Å². The minimum atomic E-state index is -0.772. The number of rotatable bonds is 5. The summed E-state index contributed by atoms with van der Waals surface area (Å²) in [4.78, 5) is 47.5. The Kier molecular flexibility index (Phi) is 6.02. The number of nitrogens with zero attached hydrogens (tertiary/aromatic N) is 4. The van der Waals surface area contributed by atoms with Gasteiger partial charge in [-0.3, -0.25) is 14.4 Å². The van der Waals surface area contributed by atoms with E-state index < -0.39 is 17.4 Å². The summed E-state index contributed by atoms with van der Waals surface area (Å²) in [7, 11) is 0. The lowest BCUT2D eigenvalue weighted by Gasteiger charge is -2.36. The normalized spacial score (nSPS) is 15.8. The van der Waals surface area contributed by atoms with Crippen molar-refractivity contribution in [2.24, 2.45) is 0 Å². The number of carbonyl (C=O) groups is 2. The molecule has 0 bridgehead atoms. The van der Waals surface area contributed by atoms with Crippen molar-refractivity contribution in [1.82, 2.24) is 19.8 Å². The molecule has 0 unspecified atom stereocenters. The molecule has 10 nitrogen and oxygen atoms in total. The highest BCUT2D eigenvalue weighted by molar-refractivity contribution is 6.00. The maximum atomic E-state index is 13.2. The minimum absolute atomic E-state index is 0.0159. The van der Waals surface area contributed by atoms with Gasteiger partial charge in [0, 0.05) is 51.2 Å². The van der Waals surface area contributed by atoms with Crippen LogP contribution < -0.4 is 25.1 Å². The van der Waals surface area contributed by atoms with Crippen molar-refractivity contribution < 1.29 is 19.1 Å². The fourth-order valence-electron chi connectivity index (χ4n) is 4.51. The van der Waals surface area contributed by atoms with Gasteiger partial charge in [-0.2, -0.15) is 0 Å². The van der Waals surface area contributed by atoms with Crippen LogP contribution in [-0.2, 0) is 11.3 Å². The van der Waals surface area contributed by atoms with Gasteiger partial charge in [0.15, 0.2) is 11.5 Å². The molecule has 2 aromatic heterocycles. The van der Waals surface area contributed by atoms with Gasteiger partial charge in [-0.05, 0) is 32.0 Å². The Bertz CT molecular complexity index is 1330. The van der Waals surface area contributed by atoms with E-state index in [4.69, 9.17) is 9.47 Å². The molecule has 0 aliphatic carbocycles. The maximum Gasteiger partial charge on any atom is 0.257 e. The second-order valence-corrected chi connectivity index (χ2v) is 8.58. The fourth-order valence-corrected chi connectivity index (χ4v) is 4.51. The Labute approximate surface area is 202 Å². The molecule has 4 heterocycles. The Balaban J connectivity index is 1.30. The van der Waals surface area contributed by atoms with Gasteiger partial charge in [-0.15, -0.1) is 0 Å². The van der Waals surface area contributed by atoms with Crippen LogP contribution in [0.3, 0.4) is 0 Å². The number of hydrogen-bond donors (Lipinski definition) is 1. The van der Waals surface area contributed by atoms with Gasteiger partial charge in [0.25, 0.3) is 5.91 Å². The summed E-state index contributed by atoms with van der Waals surface area (Å²) in [6.45, 7) is 6.58. The third kappa shape index (κ3) is 4.27. The SMILES string of the molecule is CCn1cc(C(=O)N[C@@H](C)C(=O)N2CCN(c3ccccn3)CC2)c(=O)c2cc3c(cc21)OCO3. The number of fused-ring (bicyclic) bond motifs is 2. The topological polar surface area (TPSA) is 106 Å². The molecule has 0 spiro atoms. The molecule has 10 heteroatoms. The fraction of sp³-hybridized carbons (Fsp3) is 0.360. The molecule has 2 amide bonds. The molecule has 182 valence electrons. The zero-order chi connectivity index (χ0) is 24.5. The lowest BCUT2D eigenvalue weighted by Crippen LogP contribution is -2.54. The lowest BCUT2D eigenvalue weighted by molar-refractivity contribution is -0.133. The average molecular weight is 478 g/mol. The largest absolute Gasteiger partial charge is 0.454 e. The molecule has 1 fully saturated rings. The van der Waals surface area contributed by atoms with E-state index in [0.717, 1.165) is 5.82 Å². The van der Waals surface area contributed by atoms with Crippen molar-refractivity contribution in [2.45, 2.75) is 26.4 Å². The molecule has 0 radical (unpaired) electrons. The van der Waals surface area contributed by atoms with E-state index >= 15 is 0 Å². The molecule has 1 N–H and O–H groups in total. The molecule has 1 saturated heterocycles. The molecule has 1 atom stereocenters. The van der Waals surface area contributed by atoms with E-state index in [1.807, 2.05) is 29.7 Å². The lowest BCUT2D eigenvalue weighted by atomic mass is 10.1. The van der Waals surface area contributed by atoms with Gasteiger partial charge in [0.2, 0.25) is 18.1 Å². The molecular weight excluding hydrogens is 450 g/mol. The average Bonchev–Trinajstić information content (AvgIpc) is 3.36. The summed E-state index contributed by atoms with van der Waals surface area (Å²) in [5.74, 6) is 1.16. The first-order valence-electron chi connectivity index (χ1n) is 11.7. The highest BCUT2D eigenvalue weighted by Gasteiger charge is 2.28. The Morgan fingerprint density at radius 3 is 2.54 bits per heavy atom. The maximum absolute atomic E-state index is 13.2. The molecule has 5 rings (SSSR count). The van der Waals surface area contributed by atoms with Crippen LogP contribution in [0.15, 0.2) is 47.5 Å². The second kappa shape index (κ2) is 9.28. The first-order valence-corrected chi connectivity index (χ1v) is 11.7. The number of anilines is 1. The summed E-state index contributed by atoms with van der Waals surface area (Å²) >= 11 is 0. The van der Waals surface area contributed by atoms with Crippen LogP contribution >= 0.6 is 0 Å². The number of hydrogen-bond acceptors (Lipinski definition) is 7. The highest BCUT2D eigenvalue weighted by Crippen LogP contribution is 2.35. The van der Waals surface area contributed by atoms with E-state index in [1.165, 1.54) is 6.20 Å². The number of ether oxygens (including phenoxy) is 2. The number of nitrogens with one attached hydrogen (secondary N) is 1. The number of pyridine rings is 2. The van der Waals surface area contributed by atoms with Crippen LogP contribution in [0, 0.1) is 0 Å².